The predicted molar refractivity (Wildman–Crippen MR) is 38.3 cm³/mol. The molecule has 1 nitrogen and oxygen atoms in total. The summed E-state index contributed by atoms with van der Waals surface area (Å²) in [5, 5.41) is 0.727. The van der Waals surface area contributed by atoms with Gasteiger partial charge >= 0.3 is 0 Å². The molecule has 0 saturated heterocycles. The molecule has 1 atom stereocenters. The minimum atomic E-state index is 0.162. The van der Waals surface area contributed by atoms with Gasteiger partial charge in [0.25, 0.3) is 0 Å². The lowest BCUT2D eigenvalue weighted by atomic mass is 10.5. The molecular formula is C6H12OS. The highest BCUT2D eigenvalue weighted by Crippen LogP contribution is 2.13. The molecule has 0 fully saturated rings. The van der Waals surface area contributed by atoms with Crippen LogP contribution in [0, 0.1) is 0 Å². The van der Waals surface area contributed by atoms with Gasteiger partial charge in [0, 0.05) is 0 Å². The van der Waals surface area contributed by atoms with E-state index >= 15 is 0 Å². The Labute approximate surface area is 54.8 Å². The van der Waals surface area contributed by atoms with Crippen LogP contribution in [0.25, 0.3) is 0 Å². The van der Waals surface area contributed by atoms with Gasteiger partial charge in [-0.3, -0.25) is 0 Å². The van der Waals surface area contributed by atoms with Gasteiger partial charge in [-0.15, -0.1) is 11.8 Å². The van der Waals surface area contributed by atoms with Crippen molar-refractivity contribution in [3.05, 3.63) is 0 Å². The van der Waals surface area contributed by atoms with Crippen molar-refractivity contribution >= 4 is 18.0 Å². The number of carbonyl (C=O) groups excluding carboxylic acids is 1. The lowest BCUT2D eigenvalue weighted by Crippen LogP contribution is -2.01. The van der Waals surface area contributed by atoms with Crippen LogP contribution in [-0.4, -0.2) is 16.8 Å². The van der Waals surface area contributed by atoms with Crippen molar-refractivity contribution in [1.82, 2.24) is 0 Å². The molecule has 0 saturated carbocycles. The summed E-state index contributed by atoms with van der Waals surface area (Å²) >= 11 is 1.69. The number of carbonyl (C=O) groups is 1. The Morgan fingerprint density at radius 1 is 1.38 bits per heavy atom. The minimum Gasteiger partial charge on any atom is -0.302 e. The molecule has 8 heavy (non-hydrogen) atoms. The van der Waals surface area contributed by atoms with E-state index in [1.165, 1.54) is 0 Å². The van der Waals surface area contributed by atoms with Gasteiger partial charge < -0.3 is 4.79 Å². The molecule has 0 N–H and O–H groups in total. The van der Waals surface area contributed by atoms with Crippen molar-refractivity contribution in [2.45, 2.75) is 31.3 Å². The molecule has 0 aliphatic rings. The summed E-state index contributed by atoms with van der Waals surface area (Å²) in [7, 11) is 0. The van der Waals surface area contributed by atoms with Crippen molar-refractivity contribution in [2.75, 3.05) is 0 Å². The third-order valence-corrected chi connectivity index (χ3v) is 1.76. The van der Waals surface area contributed by atoms with Crippen LogP contribution in [-0.2, 0) is 4.79 Å². The van der Waals surface area contributed by atoms with Crippen molar-refractivity contribution < 1.29 is 4.79 Å². The number of rotatable bonds is 3. The highest BCUT2D eigenvalue weighted by atomic mass is 32.2. The Balaban J connectivity index is 3.23. The SMILES string of the molecule is CC(C)SC(C)C=O. The highest BCUT2D eigenvalue weighted by molar-refractivity contribution is 8.01. The second kappa shape index (κ2) is 3.96. The van der Waals surface area contributed by atoms with E-state index in [1.807, 2.05) is 6.92 Å². The van der Waals surface area contributed by atoms with Gasteiger partial charge in [0.15, 0.2) is 0 Å². The van der Waals surface area contributed by atoms with E-state index in [0.717, 1.165) is 6.29 Å². The van der Waals surface area contributed by atoms with E-state index in [4.69, 9.17) is 0 Å². The number of thioether (sulfide) groups is 1. The largest absolute Gasteiger partial charge is 0.302 e. The van der Waals surface area contributed by atoms with Gasteiger partial charge in [0.2, 0.25) is 0 Å². The summed E-state index contributed by atoms with van der Waals surface area (Å²) in [5.41, 5.74) is 0. The lowest BCUT2D eigenvalue weighted by molar-refractivity contribution is -0.107. The Morgan fingerprint density at radius 3 is 2.00 bits per heavy atom. The van der Waals surface area contributed by atoms with Gasteiger partial charge in [-0.05, 0) is 12.2 Å². The maximum atomic E-state index is 10.0. The van der Waals surface area contributed by atoms with Gasteiger partial charge in [0.05, 0.1) is 5.25 Å². The first kappa shape index (κ1) is 8.02. The van der Waals surface area contributed by atoms with Crippen LogP contribution in [0.15, 0.2) is 0 Å². The molecule has 0 aromatic carbocycles. The smallest absolute Gasteiger partial charge is 0.132 e. The summed E-state index contributed by atoms with van der Waals surface area (Å²) in [6.07, 6.45) is 0.977. The molecule has 0 aromatic heterocycles. The first-order valence-corrected chi connectivity index (χ1v) is 3.72. The minimum absolute atomic E-state index is 0.162. The van der Waals surface area contributed by atoms with Gasteiger partial charge in [-0.2, -0.15) is 0 Å². The first-order chi connectivity index (χ1) is 3.66. The molecule has 0 amide bonds. The molecule has 0 heterocycles. The Morgan fingerprint density at radius 2 is 1.88 bits per heavy atom. The van der Waals surface area contributed by atoms with E-state index in [1.54, 1.807) is 11.8 Å². The monoisotopic (exact) mass is 132 g/mol. The molecule has 0 aromatic rings. The first-order valence-electron chi connectivity index (χ1n) is 2.77. The van der Waals surface area contributed by atoms with E-state index < -0.39 is 0 Å². The molecule has 0 rings (SSSR count). The van der Waals surface area contributed by atoms with Crippen LogP contribution in [0.1, 0.15) is 20.8 Å². The second-order valence-electron chi connectivity index (χ2n) is 2.03. The van der Waals surface area contributed by atoms with E-state index in [9.17, 15) is 4.79 Å². The average Bonchev–Trinajstić information content (AvgIpc) is 1.65. The maximum absolute atomic E-state index is 10.0. The van der Waals surface area contributed by atoms with Gasteiger partial charge in [-0.1, -0.05) is 13.8 Å². The quantitative estimate of drug-likeness (QED) is 0.544. The third-order valence-electron chi connectivity index (χ3n) is 0.678. The Kier molecular flexibility index (Phi) is 3.97. The van der Waals surface area contributed by atoms with Crippen molar-refractivity contribution in [3.63, 3.8) is 0 Å². The molecule has 0 aliphatic heterocycles. The fraction of sp³-hybridized carbons (Fsp3) is 0.833. The van der Waals surface area contributed by atoms with Crippen LogP contribution in [0.5, 0.6) is 0 Å². The molecule has 2 heteroatoms. The Bertz CT molecular complexity index is 70.9. The number of hydrogen-bond donors (Lipinski definition) is 0. The fourth-order valence-electron chi connectivity index (χ4n) is 0.461. The van der Waals surface area contributed by atoms with E-state index in [2.05, 4.69) is 13.8 Å². The van der Waals surface area contributed by atoms with Crippen LogP contribution in [0.2, 0.25) is 0 Å². The van der Waals surface area contributed by atoms with Crippen LogP contribution in [0.3, 0.4) is 0 Å². The summed E-state index contributed by atoms with van der Waals surface area (Å²) in [6, 6.07) is 0. The predicted octanol–water partition coefficient (Wildman–Crippen LogP) is 1.72. The van der Waals surface area contributed by atoms with Gasteiger partial charge in [-0.25, -0.2) is 0 Å². The lowest BCUT2D eigenvalue weighted by Gasteiger charge is -2.04. The molecule has 48 valence electrons. The van der Waals surface area contributed by atoms with Crippen molar-refractivity contribution in [2.24, 2.45) is 0 Å². The zero-order chi connectivity index (χ0) is 6.57. The molecule has 0 bridgehead atoms. The van der Waals surface area contributed by atoms with Crippen LogP contribution >= 0.6 is 11.8 Å². The Hall–Kier alpha value is 0.0200. The van der Waals surface area contributed by atoms with Gasteiger partial charge in [0.1, 0.15) is 6.29 Å². The molecule has 0 aliphatic carbocycles. The average molecular weight is 132 g/mol. The van der Waals surface area contributed by atoms with Crippen molar-refractivity contribution in [1.29, 1.82) is 0 Å². The summed E-state index contributed by atoms with van der Waals surface area (Å²) < 4.78 is 0. The maximum Gasteiger partial charge on any atom is 0.132 e. The number of hydrogen-bond acceptors (Lipinski definition) is 2. The standard InChI is InChI=1S/C6H12OS/c1-5(2)8-6(3)4-7/h4-6H,1-3H3. The van der Waals surface area contributed by atoms with E-state index in [-0.39, 0.29) is 5.25 Å². The summed E-state index contributed by atoms with van der Waals surface area (Å²) in [5.74, 6) is 0. The molecule has 0 spiro atoms. The van der Waals surface area contributed by atoms with Crippen LogP contribution in [0.4, 0.5) is 0 Å². The third kappa shape index (κ3) is 4.19. The zero-order valence-electron chi connectivity index (χ0n) is 5.55. The number of aldehydes is 1. The second-order valence-corrected chi connectivity index (χ2v) is 3.98. The fourth-order valence-corrected chi connectivity index (χ4v) is 1.38. The molecular weight excluding hydrogens is 120 g/mol. The summed E-state index contributed by atoms with van der Waals surface area (Å²) in [6.45, 7) is 6.09. The topological polar surface area (TPSA) is 17.1 Å². The normalized spacial score (nSPS) is 14.0. The zero-order valence-corrected chi connectivity index (χ0v) is 6.37. The van der Waals surface area contributed by atoms with Crippen molar-refractivity contribution in [3.8, 4) is 0 Å². The molecule has 0 radical (unpaired) electrons. The summed E-state index contributed by atoms with van der Waals surface area (Å²) in [4.78, 5) is 10.0. The van der Waals surface area contributed by atoms with E-state index in [0.29, 0.717) is 5.25 Å². The molecule has 1 unspecified atom stereocenters. The van der Waals surface area contributed by atoms with Crippen LogP contribution < -0.4 is 0 Å². The highest BCUT2D eigenvalue weighted by Gasteiger charge is 2.00.